The van der Waals surface area contributed by atoms with E-state index in [1.165, 1.54) is 0 Å². The Hall–Kier alpha value is 5.07. The molecule has 0 N–H and O–H groups in total. The summed E-state index contributed by atoms with van der Waals surface area (Å²) in [4.78, 5) is 0. The van der Waals surface area contributed by atoms with Crippen LogP contribution in [0.25, 0.3) is 0 Å². The van der Waals surface area contributed by atoms with Gasteiger partial charge < -0.3 is 5.71 Å². The van der Waals surface area contributed by atoms with Crippen molar-refractivity contribution < 1.29 is 55.1 Å². The fourth-order valence-electron chi connectivity index (χ4n) is 0. The third-order valence-electron chi connectivity index (χ3n) is 0. The minimum Gasteiger partial charge on any atom is -1.00 e. The zero-order valence-corrected chi connectivity index (χ0v) is 9.90. The zero-order chi connectivity index (χ0) is 0. The van der Waals surface area contributed by atoms with Gasteiger partial charge in [0, 0.05) is 49.4 Å². The quantitative estimate of drug-likeness (QED) is 0.412. The average molecular weight is 346 g/mol. The largest absolute Gasteiger partial charge is 2.00 e. The predicted molar refractivity (Wildman–Crippen MR) is 37.2 cm³/mol. The van der Waals surface area contributed by atoms with Gasteiger partial charge in [0.25, 0.3) is 0 Å². The van der Waals surface area contributed by atoms with E-state index in [4.69, 9.17) is 0 Å². The van der Waals surface area contributed by atoms with Gasteiger partial charge in [0.2, 0.25) is 0 Å². The van der Waals surface area contributed by atoms with Gasteiger partial charge in [-0.2, -0.15) is 0 Å². The zero-order valence-electron chi connectivity index (χ0n) is 5.79. The Morgan fingerprint density at radius 1 is 1.20 bits per heavy atom. The van der Waals surface area contributed by atoms with Crippen molar-refractivity contribution in [3.05, 3.63) is 0 Å². The molecule has 0 spiro atoms. The minimum absolute atomic E-state index is 0. The Kier molecular flexibility index (Phi) is 148. The minimum atomic E-state index is 0. The van der Waals surface area contributed by atoms with Crippen LogP contribution in [0.1, 0.15) is 5.71 Å². The van der Waals surface area contributed by atoms with Crippen LogP contribution >= 0.6 is 0 Å². The maximum atomic E-state index is 0. The fourth-order valence-corrected chi connectivity index (χ4v) is 0. The van der Waals surface area contributed by atoms with Crippen molar-refractivity contribution in [2.75, 3.05) is 0 Å². The molecule has 0 aliphatic carbocycles. The van der Waals surface area contributed by atoms with Gasteiger partial charge in [-0.05, 0) is 11.0 Å². The summed E-state index contributed by atoms with van der Waals surface area (Å²) in [5.74, 6) is 0. The SMILES string of the molecule is [AlH3].[Ca+2].[Eu].[H-].[H-].[H-].[H-].[SiH4].[Sr+2]. The van der Waals surface area contributed by atoms with E-state index >= 15 is 0 Å². The smallest absolute Gasteiger partial charge is 1.00 e. The average Bonchev–Trinajstić information content (AvgIpc) is 0. The van der Waals surface area contributed by atoms with Crippen molar-refractivity contribution in [2.24, 2.45) is 0 Å². The predicted octanol–water partition coefficient (Wildman–Crippen LogP) is -2.95. The summed E-state index contributed by atoms with van der Waals surface area (Å²) in [6, 6.07) is 0. The fraction of sp³-hybridized carbons (Fsp3) is 0. The third-order valence-corrected chi connectivity index (χ3v) is 0. The molecule has 0 rings (SSSR count). The Morgan fingerprint density at radius 2 is 1.20 bits per heavy atom. The molecule has 0 aliphatic heterocycles. The number of hydrogen-bond donors (Lipinski definition) is 0. The molecule has 29 valence electrons. The second-order valence-corrected chi connectivity index (χ2v) is 0. The molecule has 5 heavy (non-hydrogen) atoms. The molecule has 0 aliphatic rings. The van der Waals surface area contributed by atoms with Crippen molar-refractivity contribution in [3.8, 4) is 0 Å². The van der Waals surface area contributed by atoms with Crippen molar-refractivity contribution in [1.82, 2.24) is 0 Å². The van der Waals surface area contributed by atoms with Gasteiger partial charge in [0.1, 0.15) is 0 Å². The van der Waals surface area contributed by atoms with Gasteiger partial charge in [-0.3, -0.25) is 0 Å². The normalized spacial score (nSPS) is 0. The van der Waals surface area contributed by atoms with E-state index in [1.807, 2.05) is 0 Å². The van der Waals surface area contributed by atoms with Crippen LogP contribution in [0.4, 0.5) is 0 Å². The Labute approximate surface area is 161 Å². The third kappa shape index (κ3) is 17.6. The molecule has 0 unspecified atom stereocenters. The first kappa shape index (κ1) is 32.2. The monoisotopic (exact) mass is 347 g/mol. The Bertz CT molecular complexity index is 20.5. The first-order chi connectivity index (χ1) is 0. The molecule has 0 nitrogen and oxygen atoms in total. The van der Waals surface area contributed by atoms with Crippen LogP contribution in [0.3, 0.4) is 0 Å². The summed E-state index contributed by atoms with van der Waals surface area (Å²) in [7, 11) is 0. The van der Waals surface area contributed by atoms with Crippen LogP contribution in [0.15, 0.2) is 0 Å². The van der Waals surface area contributed by atoms with E-state index in [0.29, 0.717) is 0 Å². The molecule has 5 heteroatoms. The van der Waals surface area contributed by atoms with Crippen LogP contribution in [0.2, 0.25) is 0 Å². The van der Waals surface area contributed by atoms with Gasteiger partial charge >= 0.3 is 83.2 Å². The summed E-state index contributed by atoms with van der Waals surface area (Å²) in [6.45, 7) is 0. The molecule has 1 radical (unpaired) electrons. The molecule has 0 aromatic carbocycles. The molecule has 0 heterocycles. The van der Waals surface area contributed by atoms with Gasteiger partial charge in [-0.25, -0.2) is 0 Å². The van der Waals surface area contributed by atoms with Crippen LogP contribution in [-0.2, 0) is 0 Å². The standard InChI is InChI=1S/Al.Ca.Eu.H4Si.Sr.7H/h;;;1H4;;;;;;;;/q;+2;;;+2;;;;4*-1. The molecule has 0 bridgehead atoms. The number of hydrogen-bond acceptors (Lipinski definition) is 0. The molecule has 0 saturated heterocycles. The summed E-state index contributed by atoms with van der Waals surface area (Å²) < 4.78 is 0. The molecule has 0 amide bonds. The molecule has 0 aromatic rings. The van der Waals surface area contributed by atoms with E-state index in [2.05, 4.69) is 0 Å². The maximum absolute atomic E-state index is 0. The van der Waals surface area contributed by atoms with Crippen molar-refractivity contribution in [2.45, 2.75) is 0 Å². The van der Waals surface area contributed by atoms with E-state index in [0.717, 1.165) is 0 Å². The van der Waals surface area contributed by atoms with E-state index in [-0.39, 0.29) is 167 Å². The van der Waals surface area contributed by atoms with E-state index < -0.39 is 0 Å². The van der Waals surface area contributed by atoms with Crippen molar-refractivity contribution in [3.63, 3.8) is 0 Å². The maximum Gasteiger partial charge on any atom is 2.00 e. The first-order valence-corrected chi connectivity index (χ1v) is 0. The number of rotatable bonds is 0. The summed E-state index contributed by atoms with van der Waals surface area (Å²) in [5.41, 5.74) is 0. The molecular weight excluding hydrogens is 335 g/mol. The van der Waals surface area contributed by atoms with Crippen LogP contribution < -0.4 is 0 Å². The van der Waals surface area contributed by atoms with Crippen molar-refractivity contribution in [1.29, 1.82) is 0 Å². The second kappa shape index (κ2) is 23.0. The van der Waals surface area contributed by atoms with Gasteiger partial charge in [0.05, 0.1) is 0 Å². The Morgan fingerprint density at radius 3 is 1.20 bits per heavy atom. The molecule has 0 saturated carbocycles. The van der Waals surface area contributed by atoms with Gasteiger partial charge in [-0.1, -0.05) is 0 Å². The summed E-state index contributed by atoms with van der Waals surface area (Å²) in [6.07, 6.45) is 0. The van der Waals surface area contributed by atoms with Crippen LogP contribution in [-0.4, -0.2) is 112 Å². The van der Waals surface area contributed by atoms with Crippen LogP contribution in [0, 0.1) is 49.4 Å². The summed E-state index contributed by atoms with van der Waals surface area (Å²) in [5, 5.41) is 0. The molecule has 0 aromatic heterocycles. The van der Waals surface area contributed by atoms with Crippen LogP contribution in [0.5, 0.6) is 0 Å². The summed E-state index contributed by atoms with van der Waals surface area (Å²) >= 11 is 0. The Balaban J connectivity index is 0. The van der Waals surface area contributed by atoms with E-state index in [1.54, 1.807) is 0 Å². The van der Waals surface area contributed by atoms with Gasteiger partial charge in [0.15, 0.2) is 17.4 Å². The topological polar surface area (TPSA) is 0 Å². The second-order valence-electron chi connectivity index (χ2n) is 0. The van der Waals surface area contributed by atoms with E-state index in [9.17, 15) is 0 Å². The van der Waals surface area contributed by atoms with Crippen molar-refractivity contribution >= 4 is 112 Å². The first-order valence-electron chi connectivity index (χ1n) is 0. The molecule has 0 fully saturated rings. The van der Waals surface area contributed by atoms with Gasteiger partial charge in [-0.15, -0.1) is 0 Å². The molecule has 0 atom stereocenters. The molecular formula is H11AlCaEuSiSr.